The number of nitrogens with zero attached hydrogens (tertiary/aromatic N) is 3. The van der Waals surface area contributed by atoms with Crippen LogP contribution >= 0.6 is 0 Å². The van der Waals surface area contributed by atoms with Crippen LogP contribution in [0.25, 0.3) is 0 Å². The standard InChI is InChI=1S/C20H24F3N3O2/c1-3-12-27-15-10-8-14(9-11-15)26(2)18-17(20(21,22)23)13-24-19(25-18)28-16-6-4-5-7-16/h8-11,13,16H,3-7,12H2,1-2H3. The summed E-state index contributed by atoms with van der Waals surface area (Å²) in [5, 5.41) is 0. The van der Waals surface area contributed by atoms with Crippen LogP contribution in [-0.4, -0.2) is 29.7 Å². The van der Waals surface area contributed by atoms with Crippen LogP contribution in [0.2, 0.25) is 0 Å². The van der Waals surface area contributed by atoms with Gasteiger partial charge in [-0.25, -0.2) is 4.98 Å². The molecule has 0 saturated heterocycles. The van der Waals surface area contributed by atoms with Crippen molar-refractivity contribution in [3.8, 4) is 11.8 Å². The van der Waals surface area contributed by atoms with E-state index in [1.165, 1.54) is 4.90 Å². The summed E-state index contributed by atoms with van der Waals surface area (Å²) < 4.78 is 51.7. The molecule has 2 aromatic rings. The van der Waals surface area contributed by atoms with Crippen LogP contribution in [0.1, 0.15) is 44.6 Å². The maximum atomic E-state index is 13.5. The fourth-order valence-electron chi connectivity index (χ4n) is 3.13. The number of halogens is 3. The maximum absolute atomic E-state index is 13.5. The molecule has 0 N–H and O–H groups in total. The quantitative estimate of drug-likeness (QED) is 0.630. The third kappa shape index (κ3) is 4.85. The fraction of sp³-hybridized carbons (Fsp3) is 0.500. The molecule has 0 radical (unpaired) electrons. The Balaban J connectivity index is 1.87. The van der Waals surface area contributed by atoms with E-state index < -0.39 is 11.7 Å². The Labute approximate surface area is 162 Å². The first kappa shape index (κ1) is 20.2. The van der Waals surface area contributed by atoms with Crippen LogP contribution in [0.5, 0.6) is 11.8 Å². The monoisotopic (exact) mass is 395 g/mol. The minimum Gasteiger partial charge on any atom is -0.494 e. The minimum atomic E-state index is -4.57. The van der Waals surface area contributed by atoms with Gasteiger partial charge in [-0.05, 0) is 56.4 Å². The van der Waals surface area contributed by atoms with Crippen molar-refractivity contribution in [2.24, 2.45) is 0 Å². The lowest BCUT2D eigenvalue weighted by Crippen LogP contribution is -2.20. The highest BCUT2D eigenvalue weighted by molar-refractivity contribution is 5.63. The molecule has 28 heavy (non-hydrogen) atoms. The van der Waals surface area contributed by atoms with E-state index in [-0.39, 0.29) is 17.9 Å². The molecular formula is C20H24F3N3O2. The zero-order valence-electron chi connectivity index (χ0n) is 16.0. The number of alkyl halides is 3. The Hall–Kier alpha value is -2.51. The van der Waals surface area contributed by atoms with E-state index in [1.54, 1.807) is 31.3 Å². The highest BCUT2D eigenvalue weighted by atomic mass is 19.4. The van der Waals surface area contributed by atoms with Gasteiger partial charge < -0.3 is 14.4 Å². The van der Waals surface area contributed by atoms with Gasteiger partial charge in [0.05, 0.1) is 6.61 Å². The van der Waals surface area contributed by atoms with Crippen molar-refractivity contribution < 1.29 is 22.6 Å². The summed E-state index contributed by atoms with van der Waals surface area (Å²) in [6.07, 6.45) is 0.895. The van der Waals surface area contributed by atoms with Gasteiger partial charge in [0, 0.05) is 18.9 Å². The van der Waals surface area contributed by atoms with Gasteiger partial charge in [0.2, 0.25) is 0 Å². The second-order valence-corrected chi connectivity index (χ2v) is 6.81. The average Bonchev–Trinajstić information content (AvgIpc) is 3.18. The molecule has 5 nitrogen and oxygen atoms in total. The van der Waals surface area contributed by atoms with Crippen LogP contribution in [0.4, 0.5) is 24.7 Å². The second-order valence-electron chi connectivity index (χ2n) is 6.81. The smallest absolute Gasteiger partial charge is 0.421 e. The molecule has 3 rings (SSSR count). The lowest BCUT2D eigenvalue weighted by Gasteiger charge is -2.23. The first-order valence-corrected chi connectivity index (χ1v) is 9.46. The predicted octanol–water partition coefficient (Wildman–Crippen LogP) is 5.37. The normalized spacial score (nSPS) is 14.9. The topological polar surface area (TPSA) is 47.5 Å². The fourth-order valence-corrected chi connectivity index (χ4v) is 3.13. The van der Waals surface area contributed by atoms with E-state index in [4.69, 9.17) is 9.47 Å². The molecule has 1 aromatic carbocycles. The highest BCUT2D eigenvalue weighted by Crippen LogP contribution is 2.38. The van der Waals surface area contributed by atoms with Crippen molar-refractivity contribution in [2.75, 3.05) is 18.6 Å². The largest absolute Gasteiger partial charge is 0.494 e. The van der Waals surface area contributed by atoms with Crippen LogP contribution in [0.15, 0.2) is 30.5 Å². The summed E-state index contributed by atoms with van der Waals surface area (Å²) in [6.45, 7) is 2.59. The Bertz CT molecular complexity index is 775. The number of hydrogen-bond donors (Lipinski definition) is 0. The molecule has 1 aliphatic rings. The molecule has 0 aliphatic heterocycles. The van der Waals surface area contributed by atoms with Crippen molar-refractivity contribution in [3.05, 3.63) is 36.0 Å². The van der Waals surface area contributed by atoms with Gasteiger partial charge >= 0.3 is 12.2 Å². The number of aromatic nitrogens is 2. The van der Waals surface area contributed by atoms with Gasteiger partial charge in [-0.2, -0.15) is 18.2 Å². The lowest BCUT2D eigenvalue weighted by atomic mass is 10.2. The Morgan fingerprint density at radius 2 is 1.82 bits per heavy atom. The van der Waals surface area contributed by atoms with Crippen molar-refractivity contribution >= 4 is 11.5 Å². The molecule has 152 valence electrons. The molecule has 0 atom stereocenters. The summed E-state index contributed by atoms with van der Waals surface area (Å²) in [4.78, 5) is 9.27. The van der Waals surface area contributed by atoms with Crippen LogP contribution in [0.3, 0.4) is 0 Å². The van der Waals surface area contributed by atoms with Crippen molar-refractivity contribution in [1.82, 2.24) is 9.97 Å². The lowest BCUT2D eigenvalue weighted by molar-refractivity contribution is -0.137. The minimum absolute atomic E-state index is 0.0235. The van der Waals surface area contributed by atoms with Gasteiger partial charge in [0.25, 0.3) is 0 Å². The summed E-state index contributed by atoms with van der Waals surface area (Å²) in [7, 11) is 1.54. The van der Waals surface area contributed by atoms with E-state index in [2.05, 4.69) is 9.97 Å². The summed E-state index contributed by atoms with van der Waals surface area (Å²) >= 11 is 0. The first-order valence-electron chi connectivity index (χ1n) is 9.46. The Kier molecular flexibility index (Phi) is 6.26. The Morgan fingerprint density at radius 3 is 2.43 bits per heavy atom. The van der Waals surface area contributed by atoms with Gasteiger partial charge in [-0.1, -0.05) is 6.92 Å². The molecule has 1 heterocycles. The third-order valence-corrected chi connectivity index (χ3v) is 4.64. The summed E-state index contributed by atoms with van der Waals surface area (Å²) in [5.74, 6) is 0.431. The number of benzene rings is 1. The van der Waals surface area contributed by atoms with E-state index in [0.717, 1.165) is 38.3 Å². The molecule has 8 heteroatoms. The van der Waals surface area contributed by atoms with Crippen molar-refractivity contribution in [1.29, 1.82) is 0 Å². The molecule has 1 fully saturated rings. The van der Waals surface area contributed by atoms with Gasteiger partial charge in [-0.15, -0.1) is 0 Å². The van der Waals surface area contributed by atoms with Crippen LogP contribution in [-0.2, 0) is 6.18 Å². The molecule has 0 spiro atoms. The number of anilines is 2. The van der Waals surface area contributed by atoms with E-state index >= 15 is 0 Å². The SMILES string of the molecule is CCCOc1ccc(N(C)c2nc(OC3CCCC3)ncc2C(F)(F)F)cc1. The molecule has 1 aromatic heterocycles. The Morgan fingerprint density at radius 1 is 1.14 bits per heavy atom. The average molecular weight is 395 g/mol. The van der Waals surface area contributed by atoms with E-state index in [1.807, 2.05) is 6.92 Å². The van der Waals surface area contributed by atoms with Gasteiger partial charge in [0.1, 0.15) is 17.4 Å². The van der Waals surface area contributed by atoms with Gasteiger partial charge in [0.15, 0.2) is 5.82 Å². The summed E-state index contributed by atoms with van der Waals surface area (Å²) in [5.41, 5.74) is -0.347. The predicted molar refractivity (Wildman–Crippen MR) is 100 cm³/mol. The van der Waals surface area contributed by atoms with E-state index in [9.17, 15) is 13.2 Å². The zero-order valence-corrected chi connectivity index (χ0v) is 16.0. The van der Waals surface area contributed by atoms with Crippen LogP contribution < -0.4 is 14.4 Å². The summed E-state index contributed by atoms with van der Waals surface area (Å²) in [6, 6.07) is 6.83. The molecule has 1 aliphatic carbocycles. The molecular weight excluding hydrogens is 371 g/mol. The van der Waals surface area contributed by atoms with Crippen molar-refractivity contribution in [2.45, 2.75) is 51.3 Å². The zero-order chi connectivity index (χ0) is 20.1. The highest BCUT2D eigenvalue weighted by Gasteiger charge is 2.37. The molecule has 0 amide bonds. The number of rotatable bonds is 7. The second kappa shape index (κ2) is 8.67. The maximum Gasteiger partial charge on any atom is 0.421 e. The third-order valence-electron chi connectivity index (χ3n) is 4.64. The first-order chi connectivity index (χ1) is 13.4. The number of hydrogen-bond acceptors (Lipinski definition) is 5. The molecule has 0 unspecified atom stereocenters. The number of ether oxygens (including phenoxy) is 2. The van der Waals surface area contributed by atoms with Crippen molar-refractivity contribution in [3.63, 3.8) is 0 Å². The van der Waals surface area contributed by atoms with Gasteiger partial charge in [-0.3, -0.25) is 0 Å². The van der Waals surface area contributed by atoms with Crippen LogP contribution in [0, 0.1) is 0 Å². The molecule has 0 bridgehead atoms. The molecule has 1 saturated carbocycles. The van der Waals surface area contributed by atoms with E-state index in [0.29, 0.717) is 18.0 Å².